The van der Waals surface area contributed by atoms with Crippen molar-refractivity contribution < 1.29 is 13.9 Å². The Kier molecular flexibility index (Phi) is 6.08. The average molecular weight is 428 g/mol. The van der Waals surface area contributed by atoms with Crippen LogP contribution in [0.25, 0.3) is 17.0 Å². The number of para-hydroxylation sites is 1. The second-order valence-corrected chi connectivity index (χ2v) is 8.00. The predicted octanol–water partition coefficient (Wildman–Crippen LogP) is 4.81. The molecule has 4 rings (SSSR count). The summed E-state index contributed by atoms with van der Waals surface area (Å²) < 4.78 is 11.9. The quantitative estimate of drug-likeness (QED) is 0.605. The first kappa shape index (κ1) is 21.7. The molecular weight excluding hydrogens is 402 g/mol. The fourth-order valence-electron chi connectivity index (χ4n) is 3.36. The van der Waals surface area contributed by atoms with Gasteiger partial charge in [-0.3, -0.25) is 4.79 Å². The van der Waals surface area contributed by atoms with Gasteiger partial charge in [0.2, 0.25) is 5.91 Å². The molecule has 2 aromatic heterocycles. The van der Waals surface area contributed by atoms with E-state index in [0.717, 1.165) is 33.7 Å². The molecule has 1 N–H and O–H groups in total. The fourth-order valence-corrected chi connectivity index (χ4v) is 3.36. The summed E-state index contributed by atoms with van der Waals surface area (Å²) in [5, 5.41) is 4.34. The van der Waals surface area contributed by atoms with Crippen LogP contribution in [0.3, 0.4) is 0 Å². The summed E-state index contributed by atoms with van der Waals surface area (Å²) in [6, 6.07) is 9.79. The number of rotatable bonds is 4. The molecule has 0 bridgehead atoms. The van der Waals surface area contributed by atoms with E-state index >= 15 is 0 Å². The van der Waals surface area contributed by atoms with Crippen LogP contribution in [-0.4, -0.2) is 35.0 Å². The van der Waals surface area contributed by atoms with Gasteiger partial charge in [-0.1, -0.05) is 18.2 Å². The van der Waals surface area contributed by atoms with Crippen LogP contribution in [0.1, 0.15) is 30.7 Å². The smallest absolute Gasteiger partial charge is 0.246 e. The number of ether oxygens (including phenoxy) is 1. The lowest BCUT2D eigenvalue weighted by Gasteiger charge is -2.32. The number of aryl methyl sites for hydroxylation is 1. The molecule has 0 saturated carbocycles. The first-order valence-corrected chi connectivity index (χ1v) is 9.65. The number of hydrogen-bond donors (Lipinski definition) is 1. The van der Waals surface area contributed by atoms with E-state index in [2.05, 4.69) is 10.3 Å². The van der Waals surface area contributed by atoms with Gasteiger partial charge in [0.15, 0.2) is 11.6 Å². The Morgan fingerprint density at radius 3 is 2.87 bits per heavy atom. The Bertz CT molecular complexity index is 1100. The van der Waals surface area contributed by atoms with E-state index in [1.54, 1.807) is 30.3 Å². The maximum Gasteiger partial charge on any atom is 0.246 e. The fraction of sp³-hybridized carbons (Fsp3) is 0.304. The third-order valence-electron chi connectivity index (χ3n) is 5.06. The molecule has 1 aliphatic heterocycles. The number of carbonyl (C=O) groups is 1. The highest BCUT2D eigenvalue weighted by Crippen LogP contribution is 2.32. The number of pyridine rings is 1. The lowest BCUT2D eigenvalue weighted by Crippen LogP contribution is -2.40. The largest absolute Gasteiger partial charge is 0.482 e. The Morgan fingerprint density at radius 1 is 1.33 bits per heavy atom. The number of furan rings is 1. The topological polar surface area (TPSA) is 67.6 Å². The van der Waals surface area contributed by atoms with E-state index in [9.17, 15) is 4.79 Å². The van der Waals surface area contributed by atoms with E-state index in [1.165, 1.54) is 0 Å². The van der Waals surface area contributed by atoms with Crippen LogP contribution in [0.4, 0.5) is 5.82 Å². The SMILES string of the molecule is Cc1c(CN(C)C(=O)C=Cc2cnc3c(c2)OC(C)(C)CN3)oc2ccccc12.Cl. The molecule has 1 amide bonds. The van der Waals surface area contributed by atoms with Crippen molar-refractivity contribution in [2.75, 3.05) is 18.9 Å². The van der Waals surface area contributed by atoms with E-state index in [0.29, 0.717) is 18.8 Å². The van der Waals surface area contributed by atoms with Crippen LogP contribution in [0, 0.1) is 6.92 Å². The minimum absolute atomic E-state index is 0. The summed E-state index contributed by atoms with van der Waals surface area (Å²) >= 11 is 0. The van der Waals surface area contributed by atoms with Crippen molar-refractivity contribution in [2.45, 2.75) is 32.9 Å². The molecule has 7 heteroatoms. The Balaban J connectivity index is 0.00000256. The van der Waals surface area contributed by atoms with E-state index in [1.807, 2.05) is 51.1 Å². The molecule has 0 atom stereocenters. The van der Waals surface area contributed by atoms with Gasteiger partial charge in [-0.2, -0.15) is 0 Å². The monoisotopic (exact) mass is 427 g/mol. The minimum Gasteiger partial charge on any atom is -0.482 e. The molecule has 3 heterocycles. The van der Waals surface area contributed by atoms with Crippen LogP contribution in [-0.2, 0) is 11.3 Å². The summed E-state index contributed by atoms with van der Waals surface area (Å²) in [5.74, 6) is 2.11. The lowest BCUT2D eigenvalue weighted by molar-refractivity contribution is -0.125. The number of anilines is 1. The zero-order valence-electron chi connectivity index (χ0n) is 17.6. The van der Waals surface area contributed by atoms with Crippen molar-refractivity contribution in [3.63, 3.8) is 0 Å². The first-order chi connectivity index (χ1) is 13.8. The van der Waals surface area contributed by atoms with Gasteiger partial charge in [0, 0.05) is 30.3 Å². The van der Waals surface area contributed by atoms with Crippen LogP contribution < -0.4 is 10.1 Å². The average Bonchev–Trinajstić information content (AvgIpc) is 3.00. The normalized spacial score (nSPS) is 14.5. The zero-order valence-corrected chi connectivity index (χ0v) is 18.4. The molecular formula is C23H26ClN3O3. The predicted molar refractivity (Wildman–Crippen MR) is 121 cm³/mol. The second-order valence-electron chi connectivity index (χ2n) is 8.00. The number of benzene rings is 1. The van der Waals surface area contributed by atoms with Crippen molar-refractivity contribution in [1.82, 2.24) is 9.88 Å². The third-order valence-corrected chi connectivity index (χ3v) is 5.06. The van der Waals surface area contributed by atoms with Gasteiger partial charge in [0.05, 0.1) is 13.1 Å². The number of amides is 1. The summed E-state index contributed by atoms with van der Waals surface area (Å²) in [4.78, 5) is 18.6. The number of nitrogens with zero attached hydrogens (tertiary/aromatic N) is 2. The van der Waals surface area contributed by atoms with Gasteiger partial charge in [-0.05, 0) is 44.5 Å². The highest BCUT2D eigenvalue weighted by atomic mass is 35.5. The molecule has 0 unspecified atom stereocenters. The summed E-state index contributed by atoms with van der Waals surface area (Å²) in [6.45, 7) is 7.16. The van der Waals surface area contributed by atoms with Gasteiger partial charge in [0.25, 0.3) is 0 Å². The number of carbonyl (C=O) groups excluding carboxylic acids is 1. The number of halogens is 1. The van der Waals surface area contributed by atoms with Crippen molar-refractivity contribution in [2.24, 2.45) is 0 Å². The third kappa shape index (κ3) is 4.44. The Labute approximate surface area is 182 Å². The molecule has 1 aliphatic rings. The van der Waals surface area contributed by atoms with Crippen molar-refractivity contribution in [1.29, 1.82) is 0 Å². The van der Waals surface area contributed by atoms with E-state index in [-0.39, 0.29) is 23.9 Å². The van der Waals surface area contributed by atoms with Crippen LogP contribution in [0.2, 0.25) is 0 Å². The minimum atomic E-state index is -0.294. The molecule has 0 fully saturated rings. The molecule has 158 valence electrons. The summed E-state index contributed by atoms with van der Waals surface area (Å²) in [5.41, 5.74) is 2.42. The summed E-state index contributed by atoms with van der Waals surface area (Å²) in [7, 11) is 1.76. The van der Waals surface area contributed by atoms with Gasteiger partial charge >= 0.3 is 0 Å². The first-order valence-electron chi connectivity index (χ1n) is 9.65. The Hall–Kier alpha value is -2.99. The second kappa shape index (κ2) is 8.40. The number of fused-ring (bicyclic) bond motifs is 2. The number of nitrogens with one attached hydrogen (secondary N) is 1. The van der Waals surface area contributed by atoms with Gasteiger partial charge < -0.3 is 19.4 Å². The lowest BCUT2D eigenvalue weighted by atomic mass is 10.1. The molecule has 3 aromatic rings. The van der Waals surface area contributed by atoms with Gasteiger partial charge in [-0.25, -0.2) is 4.98 Å². The number of aromatic nitrogens is 1. The number of likely N-dealkylation sites (N-methyl/N-ethyl adjacent to an activating group) is 1. The highest BCUT2D eigenvalue weighted by Gasteiger charge is 2.27. The standard InChI is InChI=1S/C23H25N3O3.ClH/c1-15-17-7-5-6-8-18(17)28-20(15)13-26(4)21(27)10-9-16-11-19-22(24-12-16)25-14-23(2,3)29-19;/h5-12H,13-14H2,1-4H3,(H,24,25);1H. The molecule has 30 heavy (non-hydrogen) atoms. The van der Waals surface area contributed by atoms with Crippen LogP contribution >= 0.6 is 12.4 Å². The van der Waals surface area contributed by atoms with Crippen molar-refractivity contribution >= 4 is 41.2 Å². The highest BCUT2D eigenvalue weighted by molar-refractivity contribution is 5.91. The maximum absolute atomic E-state index is 12.6. The molecule has 1 aromatic carbocycles. The molecule has 0 spiro atoms. The Morgan fingerprint density at radius 2 is 2.10 bits per heavy atom. The number of hydrogen-bond acceptors (Lipinski definition) is 5. The van der Waals surface area contributed by atoms with E-state index in [4.69, 9.17) is 9.15 Å². The molecule has 0 radical (unpaired) electrons. The summed E-state index contributed by atoms with van der Waals surface area (Å²) in [6.07, 6.45) is 5.02. The van der Waals surface area contributed by atoms with Crippen LogP contribution in [0.15, 0.2) is 47.0 Å². The van der Waals surface area contributed by atoms with Crippen LogP contribution in [0.5, 0.6) is 5.75 Å². The van der Waals surface area contributed by atoms with E-state index < -0.39 is 0 Å². The van der Waals surface area contributed by atoms with Gasteiger partial charge in [-0.15, -0.1) is 12.4 Å². The molecule has 0 saturated heterocycles. The van der Waals surface area contributed by atoms with Crippen molar-refractivity contribution in [3.05, 3.63) is 59.5 Å². The maximum atomic E-state index is 12.6. The molecule has 6 nitrogen and oxygen atoms in total. The van der Waals surface area contributed by atoms with Crippen molar-refractivity contribution in [3.8, 4) is 5.75 Å². The molecule has 0 aliphatic carbocycles. The zero-order chi connectivity index (χ0) is 20.6. The van der Waals surface area contributed by atoms with Gasteiger partial charge in [0.1, 0.15) is 16.9 Å².